The van der Waals surface area contributed by atoms with Gasteiger partial charge in [-0.25, -0.2) is 18.2 Å². The van der Waals surface area contributed by atoms with Gasteiger partial charge in [-0.1, -0.05) is 12.1 Å². The molecule has 1 N–H and O–H groups in total. The Kier molecular flexibility index (Phi) is 5.10. The molecule has 1 aliphatic carbocycles. The first-order chi connectivity index (χ1) is 13.5. The average Bonchev–Trinajstić information content (AvgIpc) is 3.53. The summed E-state index contributed by atoms with van der Waals surface area (Å²) in [5.41, 5.74) is 1.60. The number of sulfonamides is 1. The highest BCUT2D eigenvalue weighted by Gasteiger charge is 2.27. The third-order valence-corrected chi connectivity index (χ3v) is 6.44. The van der Waals surface area contributed by atoms with Gasteiger partial charge in [-0.2, -0.15) is 4.31 Å². The number of nitrogens with one attached hydrogen (secondary N) is 1. The van der Waals surface area contributed by atoms with Crippen molar-refractivity contribution in [1.82, 2.24) is 19.6 Å². The predicted octanol–water partition coefficient (Wildman–Crippen LogP) is 2.21. The van der Waals surface area contributed by atoms with E-state index in [2.05, 4.69) is 15.3 Å². The summed E-state index contributed by atoms with van der Waals surface area (Å²) >= 11 is 0. The van der Waals surface area contributed by atoms with Gasteiger partial charge < -0.3 is 10.1 Å². The summed E-state index contributed by atoms with van der Waals surface area (Å²) in [6.07, 6.45) is 6.71. The molecule has 1 aliphatic heterocycles. The summed E-state index contributed by atoms with van der Waals surface area (Å²) in [5, 5.41) is 2.75. The molecule has 1 amide bonds. The molecule has 0 atom stereocenters. The Morgan fingerprint density at radius 3 is 2.75 bits per heavy atom. The van der Waals surface area contributed by atoms with Crippen LogP contribution in [0.15, 0.2) is 53.7 Å². The van der Waals surface area contributed by atoms with Gasteiger partial charge in [0.15, 0.2) is 0 Å². The number of nitrogens with zero attached hydrogens (tertiary/aromatic N) is 3. The van der Waals surface area contributed by atoms with E-state index in [9.17, 15) is 13.2 Å². The quantitative estimate of drug-likeness (QED) is 0.826. The van der Waals surface area contributed by atoms with Crippen LogP contribution in [0.3, 0.4) is 0 Å². The third kappa shape index (κ3) is 4.20. The van der Waals surface area contributed by atoms with Gasteiger partial charge in [-0.15, -0.1) is 0 Å². The summed E-state index contributed by atoms with van der Waals surface area (Å²) in [4.78, 5) is 20.2. The molecule has 0 aromatic carbocycles. The number of aromatic nitrogens is 2. The average molecular weight is 400 g/mol. The van der Waals surface area contributed by atoms with Gasteiger partial charge in [0.2, 0.25) is 15.9 Å². The number of hydrogen-bond donors (Lipinski definition) is 1. The Balaban J connectivity index is 1.45. The van der Waals surface area contributed by atoms with E-state index in [0.717, 1.165) is 18.4 Å². The van der Waals surface area contributed by atoms with Crippen molar-refractivity contribution < 1.29 is 17.9 Å². The minimum absolute atomic E-state index is 0.182. The molecule has 0 bridgehead atoms. The van der Waals surface area contributed by atoms with Crippen LogP contribution in [0.4, 0.5) is 4.79 Å². The van der Waals surface area contributed by atoms with Crippen LogP contribution < -0.4 is 10.1 Å². The van der Waals surface area contributed by atoms with Gasteiger partial charge >= 0.3 is 6.09 Å². The highest BCUT2D eigenvalue weighted by atomic mass is 32.2. The number of carbonyl (C=O) groups excluding carboxylic acids is 1. The van der Waals surface area contributed by atoms with Crippen molar-refractivity contribution in [3.63, 3.8) is 0 Å². The van der Waals surface area contributed by atoms with Crippen LogP contribution in [0.1, 0.15) is 25.0 Å². The Bertz CT molecular complexity index is 1000. The molecule has 146 valence electrons. The summed E-state index contributed by atoms with van der Waals surface area (Å²) < 4.78 is 32.0. The minimum atomic E-state index is -3.57. The van der Waals surface area contributed by atoms with Gasteiger partial charge in [0.25, 0.3) is 0 Å². The van der Waals surface area contributed by atoms with Crippen LogP contribution >= 0.6 is 0 Å². The van der Waals surface area contributed by atoms with E-state index in [4.69, 9.17) is 4.74 Å². The summed E-state index contributed by atoms with van der Waals surface area (Å²) in [6, 6.07) is 8.57. The van der Waals surface area contributed by atoms with Crippen molar-refractivity contribution in [3.05, 3.63) is 54.5 Å². The van der Waals surface area contributed by atoms with Gasteiger partial charge in [-0.05, 0) is 43.0 Å². The largest absolute Gasteiger partial charge is 0.414 e. The maximum Gasteiger partial charge on any atom is 0.414 e. The SMILES string of the molecule is O=C(NC1CC1)Oc1cccc(C2=CCN(S(=O)(=O)c3cccnc3)CC2)n1. The van der Waals surface area contributed by atoms with E-state index in [-0.39, 0.29) is 23.4 Å². The molecule has 8 nitrogen and oxygen atoms in total. The van der Waals surface area contributed by atoms with Crippen molar-refractivity contribution >= 4 is 21.7 Å². The third-order valence-electron chi connectivity index (χ3n) is 4.59. The van der Waals surface area contributed by atoms with Gasteiger partial charge in [0, 0.05) is 37.6 Å². The molecule has 2 aromatic rings. The second-order valence-corrected chi connectivity index (χ2v) is 8.64. The molecule has 9 heteroatoms. The van der Waals surface area contributed by atoms with Crippen molar-refractivity contribution in [2.24, 2.45) is 0 Å². The first kappa shape index (κ1) is 18.6. The minimum Gasteiger partial charge on any atom is -0.391 e. The predicted molar refractivity (Wildman–Crippen MR) is 102 cm³/mol. The first-order valence-electron chi connectivity index (χ1n) is 9.07. The Morgan fingerprint density at radius 2 is 2.07 bits per heavy atom. The molecule has 1 saturated carbocycles. The zero-order chi connectivity index (χ0) is 19.6. The number of amides is 1. The fraction of sp³-hybridized carbons (Fsp3) is 0.316. The number of rotatable bonds is 5. The van der Waals surface area contributed by atoms with Gasteiger partial charge in [0.05, 0.1) is 5.69 Å². The van der Waals surface area contributed by atoms with Crippen LogP contribution in [0, 0.1) is 0 Å². The Hall–Kier alpha value is -2.78. The molecule has 0 radical (unpaired) electrons. The number of carbonyl (C=O) groups is 1. The van der Waals surface area contributed by atoms with E-state index in [1.165, 1.54) is 16.6 Å². The van der Waals surface area contributed by atoms with Gasteiger partial charge in [0.1, 0.15) is 4.90 Å². The van der Waals surface area contributed by atoms with Crippen LogP contribution in [0.5, 0.6) is 5.88 Å². The molecule has 4 rings (SSSR count). The highest BCUT2D eigenvalue weighted by Crippen LogP contribution is 2.26. The van der Waals surface area contributed by atoms with Crippen LogP contribution in [0.2, 0.25) is 0 Å². The van der Waals surface area contributed by atoms with Crippen molar-refractivity contribution in [2.45, 2.75) is 30.2 Å². The summed E-state index contributed by atoms with van der Waals surface area (Å²) in [5.74, 6) is 0.224. The smallest absolute Gasteiger partial charge is 0.391 e. The molecule has 0 unspecified atom stereocenters. The molecular weight excluding hydrogens is 380 g/mol. The van der Waals surface area contributed by atoms with E-state index in [1.807, 2.05) is 12.1 Å². The molecular formula is C19H20N4O4S. The molecule has 0 spiro atoms. The lowest BCUT2D eigenvalue weighted by molar-refractivity contribution is 0.198. The summed E-state index contributed by atoms with van der Waals surface area (Å²) in [6.45, 7) is 0.597. The van der Waals surface area contributed by atoms with Crippen molar-refractivity contribution in [3.8, 4) is 5.88 Å². The second kappa shape index (κ2) is 7.69. The number of hydrogen-bond acceptors (Lipinski definition) is 6. The molecule has 2 aliphatic rings. The zero-order valence-electron chi connectivity index (χ0n) is 15.1. The van der Waals surface area contributed by atoms with Crippen LogP contribution in [-0.2, 0) is 10.0 Å². The maximum absolute atomic E-state index is 12.7. The zero-order valence-corrected chi connectivity index (χ0v) is 15.9. The number of pyridine rings is 2. The lowest BCUT2D eigenvalue weighted by atomic mass is 10.1. The Labute approximate surface area is 163 Å². The second-order valence-electron chi connectivity index (χ2n) is 6.70. The monoisotopic (exact) mass is 400 g/mol. The molecule has 1 fully saturated rings. The van der Waals surface area contributed by atoms with E-state index in [1.54, 1.807) is 24.4 Å². The summed E-state index contributed by atoms with van der Waals surface area (Å²) in [7, 11) is -3.57. The number of ether oxygens (including phenoxy) is 1. The van der Waals surface area contributed by atoms with Crippen molar-refractivity contribution in [1.29, 1.82) is 0 Å². The fourth-order valence-corrected chi connectivity index (χ4v) is 4.26. The van der Waals surface area contributed by atoms with E-state index >= 15 is 0 Å². The van der Waals surface area contributed by atoms with Gasteiger partial charge in [-0.3, -0.25) is 4.98 Å². The molecule has 3 heterocycles. The molecule has 0 saturated heterocycles. The molecule has 2 aromatic heterocycles. The standard InChI is InChI=1S/C19H20N4O4S/c24-19(21-15-6-7-15)27-18-5-1-4-17(22-18)14-8-11-23(12-9-14)28(25,26)16-3-2-10-20-13-16/h1-5,8,10,13,15H,6-7,9,11-12H2,(H,21,24). The van der Waals surface area contributed by atoms with Crippen molar-refractivity contribution in [2.75, 3.05) is 13.1 Å². The van der Waals surface area contributed by atoms with E-state index < -0.39 is 16.1 Å². The Morgan fingerprint density at radius 1 is 1.21 bits per heavy atom. The maximum atomic E-state index is 12.7. The van der Waals surface area contributed by atoms with Crippen LogP contribution in [0.25, 0.3) is 5.57 Å². The lowest BCUT2D eigenvalue weighted by Gasteiger charge is -2.25. The lowest BCUT2D eigenvalue weighted by Crippen LogP contribution is -2.34. The normalized spacial score (nSPS) is 17.6. The van der Waals surface area contributed by atoms with Crippen LogP contribution in [-0.4, -0.2) is 47.9 Å². The topological polar surface area (TPSA) is 101 Å². The highest BCUT2D eigenvalue weighted by molar-refractivity contribution is 7.89. The first-order valence-corrected chi connectivity index (χ1v) is 10.5. The molecule has 28 heavy (non-hydrogen) atoms. The van der Waals surface area contributed by atoms with E-state index in [0.29, 0.717) is 18.7 Å². The fourth-order valence-electron chi connectivity index (χ4n) is 2.92.